The van der Waals surface area contributed by atoms with Crippen molar-refractivity contribution in [2.45, 2.75) is 19.6 Å². The summed E-state index contributed by atoms with van der Waals surface area (Å²) in [5, 5.41) is 1.12. The third-order valence-corrected chi connectivity index (χ3v) is 6.13. The summed E-state index contributed by atoms with van der Waals surface area (Å²) in [6.07, 6.45) is 0. The second-order valence-corrected chi connectivity index (χ2v) is 11.5. The van der Waals surface area contributed by atoms with Gasteiger partial charge in [0.1, 0.15) is 0 Å². The largest absolute Gasteiger partial charge is 0.480 e. The summed E-state index contributed by atoms with van der Waals surface area (Å²) in [5.41, 5.74) is 1.04. The Labute approximate surface area is 103 Å². The minimum atomic E-state index is -1.04. The van der Waals surface area contributed by atoms with Crippen molar-refractivity contribution in [1.82, 2.24) is 0 Å². The fraction of sp³-hybridized carbons (Fsp3) is 0.417. The molecule has 0 fully saturated rings. The van der Waals surface area contributed by atoms with Gasteiger partial charge in [-0.25, -0.2) is 0 Å². The van der Waals surface area contributed by atoms with Crippen LogP contribution in [0, 0.1) is 0 Å². The van der Waals surface area contributed by atoms with Gasteiger partial charge in [0.15, 0.2) is 0 Å². The highest BCUT2D eigenvalue weighted by Gasteiger charge is 2.13. The van der Waals surface area contributed by atoms with Crippen molar-refractivity contribution in [2.75, 3.05) is 12.5 Å². The van der Waals surface area contributed by atoms with Crippen LogP contribution in [0.3, 0.4) is 0 Å². The summed E-state index contributed by atoms with van der Waals surface area (Å²) in [6, 6.07) is 10.0. The molecule has 2 nitrogen and oxygen atoms in total. The highest BCUT2D eigenvalue weighted by molar-refractivity contribution is 7.99. The van der Waals surface area contributed by atoms with Gasteiger partial charge in [-0.15, -0.1) is 0 Å². The van der Waals surface area contributed by atoms with Gasteiger partial charge in [-0.1, -0.05) is 37.8 Å². The molecule has 0 radical (unpaired) electrons. The normalized spacial score (nSPS) is 12.6. The van der Waals surface area contributed by atoms with Crippen LogP contribution >= 0.6 is 11.9 Å². The lowest BCUT2D eigenvalue weighted by atomic mass is 10.2. The smallest absolute Gasteiger partial charge is 0.227 e. The SMILES string of the molecule is CO/C(=N\SC[Si](C)(C)C)c1ccccc1. The van der Waals surface area contributed by atoms with Gasteiger partial charge in [0.25, 0.3) is 0 Å². The minimum Gasteiger partial charge on any atom is -0.480 e. The summed E-state index contributed by atoms with van der Waals surface area (Å²) in [5.74, 6) is 0.712. The number of nitrogens with zero attached hydrogens (tertiary/aromatic N) is 1. The van der Waals surface area contributed by atoms with E-state index in [2.05, 4.69) is 24.0 Å². The van der Waals surface area contributed by atoms with E-state index in [-0.39, 0.29) is 0 Å². The van der Waals surface area contributed by atoms with Crippen molar-refractivity contribution in [3.8, 4) is 0 Å². The zero-order valence-corrected chi connectivity index (χ0v) is 12.2. The predicted molar refractivity (Wildman–Crippen MR) is 75.8 cm³/mol. The summed E-state index contributed by atoms with van der Waals surface area (Å²) < 4.78 is 9.74. The average Bonchev–Trinajstić information content (AvgIpc) is 2.24. The number of hydrogen-bond donors (Lipinski definition) is 0. The molecule has 0 aliphatic rings. The van der Waals surface area contributed by atoms with Crippen LogP contribution in [0.1, 0.15) is 5.56 Å². The van der Waals surface area contributed by atoms with Gasteiger partial charge >= 0.3 is 0 Å². The Kier molecular flexibility index (Phi) is 5.08. The van der Waals surface area contributed by atoms with E-state index in [1.165, 1.54) is 0 Å². The van der Waals surface area contributed by atoms with Crippen molar-refractivity contribution < 1.29 is 4.74 Å². The van der Waals surface area contributed by atoms with E-state index < -0.39 is 8.07 Å². The van der Waals surface area contributed by atoms with Crippen LogP contribution in [0.5, 0.6) is 0 Å². The second-order valence-electron chi connectivity index (χ2n) is 4.80. The van der Waals surface area contributed by atoms with Crippen LogP contribution in [-0.4, -0.2) is 26.5 Å². The number of benzene rings is 1. The molecule has 0 aliphatic heterocycles. The zero-order chi connectivity index (χ0) is 12.0. The van der Waals surface area contributed by atoms with Gasteiger partial charge in [0, 0.05) is 10.9 Å². The van der Waals surface area contributed by atoms with E-state index in [9.17, 15) is 0 Å². The van der Waals surface area contributed by atoms with Gasteiger partial charge in [-0.2, -0.15) is 4.40 Å². The van der Waals surface area contributed by atoms with Crippen LogP contribution in [0.25, 0.3) is 0 Å². The summed E-state index contributed by atoms with van der Waals surface area (Å²) in [6.45, 7) is 7.01. The van der Waals surface area contributed by atoms with Crippen LogP contribution in [-0.2, 0) is 4.74 Å². The van der Waals surface area contributed by atoms with Crippen molar-refractivity contribution in [3.63, 3.8) is 0 Å². The Morgan fingerprint density at radius 2 is 1.88 bits per heavy atom. The molecule has 0 aliphatic carbocycles. The van der Waals surface area contributed by atoms with Gasteiger partial charge in [0.05, 0.1) is 15.2 Å². The van der Waals surface area contributed by atoms with Crippen molar-refractivity contribution in [3.05, 3.63) is 35.9 Å². The average molecular weight is 253 g/mol. The molecule has 88 valence electrons. The van der Waals surface area contributed by atoms with E-state index >= 15 is 0 Å². The zero-order valence-electron chi connectivity index (χ0n) is 10.4. The topological polar surface area (TPSA) is 21.6 Å². The molecule has 0 saturated heterocycles. The first-order valence-electron chi connectivity index (χ1n) is 5.32. The molecule has 0 aromatic heterocycles. The third kappa shape index (κ3) is 4.85. The van der Waals surface area contributed by atoms with E-state index in [4.69, 9.17) is 4.74 Å². The lowest BCUT2D eigenvalue weighted by molar-refractivity contribution is 0.406. The lowest BCUT2D eigenvalue weighted by Gasteiger charge is -2.12. The maximum Gasteiger partial charge on any atom is 0.227 e. The standard InChI is InChI=1S/C12H19NOSSi/c1-14-12(11-8-6-5-7-9-11)13-15-10-16(2,3)4/h5-9H,10H2,1-4H3/b13-12-. The molecule has 0 bridgehead atoms. The number of rotatable bonds is 4. The van der Waals surface area contributed by atoms with E-state index in [1.54, 1.807) is 19.1 Å². The summed E-state index contributed by atoms with van der Waals surface area (Å²) >= 11 is 1.61. The molecule has 0 unspecified atom stereocenters. The Morgan fingerprint density at radius 3 is 2.38 bits per heavy atom. The quantitative estimate of drug-likeness (QED) is 0.354. The molecule has 4 heteroatoms. The third-order valence-electron chi connectivity index (χ3n) is 1.86. The Balaban J connectivity index is 2.65. The lowest BCUT2D eigenvalue weighted by Crippen LogP contribution is -2.23. The summed E-state index contributed by atoms with van der Waals surface area (Å²) in [4.78, 5) is 0. The molecule has 0 saturated carbocycles. The molecule has 0 amide bonds. The molecule has 1 aromatic carbocycles. The molecule has 0 heterocycles. The number of hydrogen-bond acceptors (Lipinski definition) is 3. The van der Waals surface area contributed by atoms with Crippen molar-refractivity contribution in [1.29, 1.82) is 0 Å². The molecule has 0 atom stereocenters. The molecular weight excluding hydrogens is 234 g/mol. The number of methoxy groups -OCH3 is 1. The Morgan fingerprint density at radius 1 is 1.25 bits per heavy atom. The first-order valence-corrected chi connectivity index (χ1v) is 9.97. The van der Waals surface area contributed by atoms with Gasteiger partial charge in [-0.05, 0) is 24.1 Å². The fourth-order valence-corrected chi connectivity index (χ4v) is 3.18. The molecule has 1 aromatic rings. The highest BCUT2D eigenvalue weighted by Crippen LogP contribution is 2.14. The van der Waals surface area contributed by atoms with Crippen LogP contribution in [0.2, 0.25) is 19.6 Å². The fourth-order valence-electron chi connectivity index (χ4n) is 1.07. The minimum absolute atomic E-state index is 0.712. The van der Waals surface area contributed by atoms with Crippen LogP contribution in [0.15, 0.2) is 34.7 Å². The second kappa shape index (κ2) is 6.11. The maximum atomic E-state index is 5.30. The Bertz CT molecular complexity index is 346. The first-order chi connectivity index (χ1) is 7.53. The van der Waals surface area contributed by atoms with Gasteiger partial charge < -0.3 is 4.74 Å². The van der Waals surface area contributed by atoms with E-state index in [1.807, 2.05) is 30.3 Å². The molecular formula is C12H19NOSSi. The van der Waals surface area contributed by atoms with Crippen molar-refractivity contribution in [2.24, 2.45) is 4.40 Å². The Hall–Kier alpha value is -0.743. The molecule has 16 heavy (non-hydrogen) atoms. The number of ether oxygens (including phenoxy) is 1. The van der Waals surface area contributed by atoms with Gasteiger partial charge in [0.2, 0.25) is 5.90 Å². The molecule has 0 N–H and O–H groups in total. The van der Waals surface area contributed by atoms with Crippen LogP contribution in [0.4, 0.5) is 0 Å². The summed E-state index contributed by atoms with van der Waals surface area (Å²) in [7, 11) is 0.630. The molecule has 0 spiro atoms. The van der Waals surface area contributed by atoms with E-state index in [0.717, 1.165) is 10.9 Å². The predicted octanol–water partition coefficient (Wildman–Crippen LogP) is 3.61. The van der Waals surface area contributed by atoms with Crippen LogP contribution < -0.4 is 0 Å². The maximum absolute atomic E-state index is 5.30. The highest BCUT2D eigenvalue weighted by atomic mass is 32.2. The van der Waals surface area contributed by atoms with E-state index in [0.29, 0.717) is 5.90 Å². The first kappa shape index (κ1) is 13.3. The van der Waals surface area contributed by atoms with Crippen molar-refractivity contribution >= 4 is 25.9 Å². The van der Waals surface area contributed by atoms with Gasteiger partial charge in [-0.3, -0.25) is 0 Å². The monoisotopic (exact) mass is 253 g/mol. The molecule has 1 rings (SSSR count).